The van der Waals surface area contributed by atoms with Crippen molar-refractivity contribution in [2.75, 3.05) is 7.11 Å². The third kappa shape index (κ3) is 3.29. The Kier molecular flexibility index (Phi) is 4.39. The number of benzene rings is 1. The van der Waals surface area contributed by atoms with E-state index in [2.05, 4.69) is 0 Å². The van der Waals surface area contributed by atoms with E-state index in [1.165, 1.54) is 0 Å². The summed E-state index contributed by atoms with van der Waals surface area (Å²) in [7, 11) is 1.58. The summed E-state index contributed by atoms with van der Waals surface area (Å²) in [6, 6.07) is 6.86. The Labute approximate surface area is 97.0 Å². The first-order valence-corrected chi connectivity index (χ1v) is 4.79. The molecule has 0 aliphatic carbocycles. The van der Waals surface area contributed by atoms with Gasteiger partial charge in [0.25, 0.3) is 0 Å². The summed E-state index contributed by atoms with van der Waals surface area (Å²) in [6.07, 6.45) is 0. The number of hydrogen-bond donors (Lipinski definition) is 0. The fourth-order valence-electron chi connectivity index (χ4n) is 0.786. The van der Waals surface area contributed by atoms with Crippen molar-refractivity contribution in [2.24, 2.45) is 0 Å². The summed E-state index contributed by atoms with van der Waals surface area (Å²) in [5.41, 5.74) is 0. The lowest BCUT2D eigenvalue weighted by molar-refractivity contribution is 0.412. The smallest absolute Gasteiger partial charge is 0.224 e. The fraction of sp³-hybridized carbons (Fsp3) is 0.111. The van der Waals surface area contributed by atoms with Crippen molar-refractivity contribution < 1.29 is 9.47 Å². The molecule has 14 heavy (non-hydrogen) atoms. The highest BCUT2D eigenvalue weighted by molar-refractivity contribution is 6.59. The zero-order valence-corrected chi connectivity index (χ0v) is 9.53. The van der Waals surface area contributed by atoms with Crippen LogP contribution in [-0.4, -0.2) is 7.11 Å². The summed E-state index contributed by atoms with van der Waals surface area (Å²) >= 11 is 16.4. The Morgan fingerprint density at radius 3 is 1.93 bits per heavy atom. The number of methoxy groups -OCH3 is 1. The zero-order valence-electron chi connectivity index (χ0n) is 7.26. The van der Waals surface area contributed by atoms with Gasteiger partial charge < -0.3 is 9.47 Å². The first-order chi connectivity index (χ1) is 6.63. The Balaban J connectivity index is 2.74. The van der Waals surface area contributed by atoms with Crippen molar-refractivity contribution in [1.82, 2.24) is 0 Å². The minimum Gasteiger partial charge on any atom is -0.497 e. The molecule has 0 heterocycles. The Hall–Kier alpha value is -0.570. The molecule has 0 saturated carbocycles. The van der Waals surface area contributed by atoms with Crippen LogP contribution in [0.2, 0.25) is 0 Å². The minimum absolute atomic E-state index is 0.0569. The third-order valence-electron chi connectivity index (χ3n) is 1.42. The second-order valence-electron chi connectivity index (χ2n) is 2.31. The van der Waals surface area contributed by atoms with Gasteiger partial charge in [-0.2, -0.15) is 0 Å². The average molecular weight is 254 g/mol. The first-order valence-electron chi connectivity index (χ1n) is 3.66. The van der Waals surface area contributed by atoms with E-state index in [9.17, 15) is 0 Å². The summed E-state index contributed by atoms with van der Waals surface area (Å²) < 4.78 is 9.96. The molecule has 76 valence electrons. The molecule has 0 radical (unpaired) electrons. The summed E-state index contributed by atoms with van der Waals surface area (Å²) in [6.45, 7) is 0. The van der Waals surface area contributed by atoms with E-state index >= 15 is 0 Å². The molecule has 0 aliphatic rings. The van der Waals surface area contributed by atoms with Gasteiger partial charge in [-0.3, -0.25) is 0 Å². The second kappa shape index (κ2) is 5.35. The van der Waals surface area contributed by atoms with Crippen molar-refractivity contribution in [1.29, 1.82) is 0 Å². The Morgan fingerprint density at radius 2 is 1.50 bits per heavy atom. The summed E-state index contributed by atoms with van der Waals surface area (Å²) in [5, 5.41) is -0.0569. The van der Waals surface area contributed by atoms with Crippen LogP contribution in [0.1, 0.15) is 0 Å². The average Bonchev–Trinajstić information content (AvgIpc) is 2.19. The van der Waals surface area contributed by atoms with Gasteiger partial charge in [0.15, 0.2) is 4.49 Å². The van der Waals surface area contributed by atoms with Crippen LogP contribution in [0.15, 0.2) is 34.0 Å². The van der Waals surface area contributed by atoms with Crippen molar-refractivity contribution >= 4 is 34.8 Å². The molecule has 5 heteroatoms. The number of ether oxygens (including phenoxy) is 2. The molecule has 0 saturated heterocycles. The summed E-state index contributed by atoms with van der Waals surface area (Å²) in [5.74, 6) is 1.27. The Bertz CT molecular complexity index is 328. The Morgan fingerprint density at radius 1 is 1.00 bits per heavy atom. The standard InChI is InChI=1S/C9H7Cl3O2/c1-13-6-2-4-7(5-3-6)14-9(12)8(10)11/h2-5H,1H3. The van der Waals surface area contributed by atoms with Crippen LogP contribution >= 0.6 is 34.8 Å². The maximum Gasteiger partial charge on any atom is 0.224 e. The maximum atomic E-state index is 5.59. The lowest BCUT2D eigenvalue weighted by Gasteiger charge is -2.04. The number of hydrogen-bond acceptors (Lipinski definition) is 2. The highest BCUT2D eigenvalue weighted by Gasteiger charge is 2.02. The van der Waals surface area contributed by atoms with Crippen LogP contribution in [0.25, 0.3) is 0 Å². The highest BCUT2D eigenvalue weighted by atomic mass is 35.5. The van der Waals surface area contributed by atoms with E-state index in [1.54, 1.807) is 31.4 Å². The fourth-order valence-corrected chi connectivity index (χ4v) is 0.952. The quantitative estimate of drug-likeness (QED) is 0.760. The van der Waals surface area contributed by atoms with Gasteiger partial charge in [-0.25, -0.2) is 0 Å². The van der Waals surface area contributed by atoms with Crippen LogP contribution in [0.3, 0.4) is 0 Å². The number of halogens is 3. The SMILES string of the molecule is COc1ccc(OC(Cl)=C(Cl)Cl)cc1. The van der Waals surface area contributed by atoms with E-state index in [-0.39, 0.29) is 9.71 Å². The molecule has 1 aromatic rings. The van der Waals surface area contributed by atoms with Crippen LogP contribution in [0.5, 0.6) is 11.5 Å². The predicted octanol–water partition coefficient (Wildman–Crippen LogP) is 3.92. The molecule has 0 aromatic heterocycles. The van der Waals surface area contributed by atoms with Crippen LogP contribution < -0.4 is 9.47 Å². The molecular formula is C9H7Cl3O2. The lowest BCUT2D eigenvalue weighted by Crippen LogP contribution is -1.89. The molecule has 1 aromatic carbocycles. The lowest BCUT2D eigenvalue weighted by atomic mass is 10.3. The summed E-state index contributed by atoms with van der Waals surface area (Å²) in [4.78, 5) is 0. The molecular weight excluding hydrogens is 246 g/mol. The molecule has 0 unspecified atom stereocenters. The monoisotopic (exact) mass is 252 g/mol. The van der Waals surface area contributed by atoms with Crippen LogP contribution in [0.4, 0.5) is 0 Å². The minimum atomic E-state index is -0.109. The van der Waals surface area contributed by atoms with Crippen molar-refractivity contribution in [2.45, 2.75) is 0 Å². The molecule has 0 atom stereocenters. The molecule has 2 nitrogen and oxygen atoms in total. The van der Waals surface area contributed by atoms with Crippen LogP contribution in [-0.2, 0) is 0 Å². The van der Waals surface area contributed by atoms with E-state index in [4.69, 9.17) is 44.3 Å². The van der Waals surface area contributed by atoms with Gasteiger partial charge in [0, 0.05) is 0 Å². The zero-order chi connectivity index (χ0) is 10.6. The molecule has 0 N–H and O–H groups in total. The van der Waals surface area contributed by atoms with E-state index in [1.807, 2.05) is 0 Å². The van der Waals surface area contributed by atoms with E-state index in [0.29, 0.717) is 5.75 Å². The third-order valence-corrected chi connectivity index (χ3v) is 2.22. The number of rotatable bonds is 3. The van der Waals surface area contributed by atoms with Crippen molar-refractivity contribution in [3.05, 3.63) is 34.0 Å². The highest BCUT2D eigenvalue weighted by Crippen LogP contribution is 2.24. The van der Waals surface area contributed by atoms with Gasteiger partial charge in [-0.15, -0.1) is 0 Å². The van der Waals surface area contributed by atoms with Crippen LogP contribution in [0, 0.1) is 0 Å². The molecule has 0 fully saturated rings. The van der Waals surface area contributed by atoms with Crippen molar-refractivity contribution in [3.8, 4) is 11.5 Å². The molecule has 0 spiro atoms. The van der Waals surface area contributed by atoms with E-state index < -0.39 is 0 Å². The van der Waals surface area contributed by atoms with Gasteiger partial charge in [0.05, 0.1) is 7.11 Å². The normalized spacial score (nSPS) is 9.43. The molecule has 0 bridgehead atoms. The van der Waals surface area contributed by atoms with E-state index in [0.717, 1.165) is 5.75 Å². The second-order valence-corrected chi connectivity index (χ2v) is 3.60. The topological polar surface area (TPSA) is 18.5 Å². The predicted molar refractivity (Wildman–Crippen MR) is 58.2 cm³/mol. The van der Waals surface area contributed by atoms with Gasteiger partial charge in [0.1, 0.15) is 11.5 Å². The van der Waals surface area contributed by atoms with Gasteiger partial charge in [0.2, 0.25) is 5.22 Å². The van der Waals surface area contributed by atoms with Gasteiger partial charge in [-0.1, -0.05) is 23.2 Å². The first kappa shape index (κ1) is 11.5. The molecule has 0 aliphatic heterocycles. The van der Waals surface area contributed by atoms with Gasteiger partial charge >= 0.3 is 0 Å². The molecule has 1 rings (SSSR count). The molecule has 0 amide bonds. The van der Waals surface area contributed by atoms with Crippen molar-refractivity contribution in [3.63, 3.8) is 0 Å². The van der Waals surface area contributed by atoms with Gasteiger partial charge in [-0.05, 0) is 35.9 Å². The maximum absolute atomic E-state index is 5.59. The largest absolute Gasteiger partial charge is 0.497 e.